The van der Waals surface area contributed by atoms with Gasteiger partial charge in [0.2, 0.25) is 5.91 Å². The summed E-state index contributed by atoms with van der Waals surface area (Å²) in [5, 5.41) is 4.92. The Morgan fingerprint density at radius 2 is 1.97 bits per heavy atom. The van der Waals surface area contributed by atoms with E-state index in [1.165, 1.54) is 7.11 Å². The lowest BCUT2D eigenvalue weighted by Gasteiger charge is -2.29. The molecule has 2 aromatic carbocycles. The van der Waals surface area contributed by atoms with Gasteiger partial charge in [0.1, 0.15) is 11.9 Å². The van der Waals surface area contributed by atoms with Crippen molar-refractivity contribution in [3.05, 3.63) is 52.9 Å². The molecule has 0 unspecified atom stereocenters. The van der Waals surface area contributed by atoms with Crippen molar-refractivity contribution in [2.45, 2.75) is 38.8 Å². The molecule has 32 heavy (non-hydrogen) atoms. The Kier molecular flexibility index (Phi) is 6.50. The quantitative estimate of drug-likeness (QED) is 0.515. The second-order valence-electron chi connectivity index (χ2n) is 8.36. The summed E-state index contributed by atoms with van der Waals surface area (Å²) in [6.45, 7) is 4.45. The van der Waals surface area contributed by atoms with Gasteiger partial charge in [0.25, 0.3) is 0 Å². The number of rotatable bonds is 5. The van der Waals surface area contributed by atoms with E-state index in [1.807, 2.05) is 43.1 Å². The number of imidazole rings is 1. The van der Waals surface area contributed by atoms with Crippen LogP contribution < -0.4 is 5.32 Å². The van der Waals surface area contributed by atoms with Crippen LogP contribution in [0.3, 0.4) is 0 Å². The molecule has 2 N–H and O–H groups in total. The van der Waals surface area contributed by atoms with Crippen molar-refractivity contribution in [1.82, 2.24) is 20.2 Å². The highest BCUT2D eigenvalue weighted by Crippen LogP contribution is 2.35. The summed E-state index contributed by atoms with van der Waals surface area (Å²) < 4.78 is 5.75. The van der Waals surface area contributed by atoms with Crippen LogP contribution in [0, 0.1) is 5.92 Å². The third-order valence-corrected chi connectivity index (χ3v) is 6.68. The van der Waals surface area contributed by atoms with E-state index >= 15 is 0 Å². The number of carbonyl (C=O) groups excluding carboxylic acids is 2. The Bertz CT molecular complexity index is 1140. The zero-order valence-electron chi connectivity index (χ0n) is 18.4. The molecule has 2 heterocycles. The number of H-pyrrole nitrogens is 1. The monoisotopic (exact) mass is 498 g/mol. The Labute approximate surface area is 195 Å². The summed E-state index contributed by atoms with van der Waals surface area (Å²) in [7, 11) is 1.30. The number of hydrogen-bond donors (Lipinski definition) is 2. The number of alkyl carbamates (subject to hydrolysis) is 1. The zero-order chi connectivity index (χ0) is 22.8. The summed E-state index contributed by atoms with van der Waals surface area (Å²) in [5.41, 5.74) is 1.88. The smallest absolute Gasteiger partial charge is 0.407 e. The lowest BCUT2D eigenvalue weighted by molar-refractivity contribution is -0.135. The normalized spacial score (nSPS) is 17.0. The minimum absolute atomic E-state index is 0.0656. The Morgan fingerprint density at radius 3 is 2.72 bits per heavy atom. The lowest BCUT2D eigenvalue weighted by atomic mass is 10.0. The first-order valence-electron chi connectivity index (χ1n) is 10.8. The van der Waals surface area contributed by atoms with E-state index < -0.39 is 12.1 Å². The van der Waals surface area contributed by atoms with E-state index in [0.29, 0.717) is 6.54 Å². The molecule has 1 aliphatic rings. The van der Waals surface area contributed by atoms with E-state index in [4.69, 9.17) is 9.72 Å². The molecule has 0 bridgehead atoms. The van der Waals surface area contributed by atoms with Gasteiger partial charge in [-0.25, -0.2) is 9.78 Å². The standard InChI is InChI=1S/C24H27BrN4O3/c1-14(2)21(28-24(31)32-3)23(30)29-12-6-11-20(29)22-26-13-19(27-22)17-9-4-8-16-15(17)7-5-10-18(16)25/h4-5,7-10,13-14,20-21H,6,11-12H2,1-3H3,(H,26,27)(H,28,31)/t20-,21-/m0/s1. The molecule has 0 aliphatic carbocycles. The minimum Gasteiger partial charge on any atom is -0.453 e. The number of hydrogen-bond acceptors (Lipinski definition) is 4. The molecule has 2 atom stereocenters. The van der Waals surface area contributed by atoms with Crippen LogP contribution in [0.2, 0.25) is 0 Å². The fraction of sp³-hybridized carbons (Fsp3) is 0.375. The fourth-order valence-corrected chi connectivity index (χ4v) is 4.83. The highest BCUT2D eigenvalue weighted by molar-refractivity contribution is 9.10. The van der Waals surface area contributed by atoms with E-state index in [2.05, 4.69) is 44.4 Å². The summed E-state index contributed by atoms with van der Waals surface area (Å²) in [5.74, 6) is 0.586. The highest BCUT2D eigenvalue weighted by Gasteiger charge is 2.37. The van der Waals surface area contributed by atoms with Gasteiger partial charge in [-0.3, -0.25) is 4.79 Å². The van der Waals surface area contributed by atoms with Gasteiger partial charge in [0, 0.05) is 22.8 Å². The highest BCUT2D eigenvalue weighted by atomic mass is 79.9. The van der Waals surface area contributed by atoms with Crippen LogP contribution in [-0.2, 0) is 9.53 Å². The van der Waals surface area contributed by atoms with Gasteiger partial charge < -0.3 is 19.9 Å². The first-order chi connectivity index (χ1) is 15.4. The fourth-order valence-electron chi connectivity index (χ4n) is 4.33. The molecule has 168 valence electrons. The van der Waals surface area contributed by atoms with E-state index in [0.717, 1.165) is 45.2 Å². The largest absolute Gasteiger partial charge is 0.453 e. The number of nitrogens with zero attached hydrogens (tertiary/aromatic N) is 2. The summed E-state index contributed by atoms with van der Waals surface area (Å²) in [6.07, 6.45) is 3.01. The maximum atomic E-state index is 13.3. The maximum Gasteiger partial charge on any atom is 0.407 e. The lowest BCUT2D eigenvalue weighted by Crippen LogP contribution is -2.51. The van der Waals surface area contributed by atoms with Crippen LogP contribution in [0.25, 0.3) is 22.0 Å². The first kappa shape index (κ1) is 22.3. The molecular weight excluding hydrogens is 472 g/mol. The third kappa shape index (κ3) is 4.24. The molecule has 7 nitrogen and oxygen atoms in total. The van der Waals surface area contributed by atoms with Crippen molar-refractivity contribution in [1.29, 1.82) is 0 Å². The van der Waals surface area contributed by atoms with Crippen molar-refractivity contribution in [2.75, 3.05) is 13.7 Å². The first-order valence-corrected chi connectivity index (χ1v) is 11.6. The van der Waals surface area contributed by atoms with Crippen molar-refractivity contribution in [3.63, 3.8) is 0 Å². The number of fused-ring (bicyclic) bond motifs is 1. The van der Waals surface area contributed by atoms with Crippen molar-refractivity contribution >= 4 is 38.7 Å². The van der Waals surface area contributed by atoms with Gasteiger partial charge in [-0.1, -0.05) is 60.1 Å². The summed E-state index contributed by atoms with van der Waals surface area (Å²) in [6, 6.07) is 11.5. The predicted octanol–water partition coefficient (Wildman–Crippen LogP) is 5.04. The van der Waals surface area contributed by atoms with Crippen molar-refractivity contribution in [3.8, 4) is 11.3 Å². The summed E-state index contributed by atoms with van der Waals surface area (Å²) in [4.78, 5) is 35.1. The number of halogens is 1. The number of amides is 2. The second kappa shape index (κ2) is 9.32. The molecule has 1 aliphatic heterocycles. The molecule has 8 heteroatoms. The van der Waals surface area contributed by atoms with E-state index in [9.17, 15) is 9.59 Å². The molecule has 2 amide bonds. The average Bonchev–Trinajstić information content (AvgIpc) is 3.46. The maximum absolute atomic E-state index is 13.3. The summed E-state index contributed by atoms with van der Waals surface area (Å²) >= 11 is 3.62. The van der Waals surface area contributed by atoms with Gasteiger partial charge >= 0.3 is 6.09 Å². The average molecular weight is 499 g/mol. The van der Waals surface area contributed by atoms with Crippen molar-refractivity contribution in [2.24, 2.45) is 5.92 Å². The van der Waals surface area contributed by atoms with E-state index in [1.54, 1.807) is 0 Å². The molecule has 3 aromatic rings. The molecule has 4 rings (SSSR count). The number of benzene rings is 2. The molecular formula is C24H27BrN4O3. The van der Waals surface area contributed by atoms with Crippen LogP contribution in [0.1, 0.15) is 38.6 Å². The second-order valence-corrected chi connectivity index (χ2v) is 9.21. The SMILES string of the molecule is COC(=O)N[C@H](C(=O)N1CCC[C@H]1c1nc(-c2cccc3c(Br)cccc23)c[nH]1)C(C)C. The minimum atomic E-state index is -0.645. The predicted molar refractivity (Wildman–Crippen MR) is 127 cm³/mol. The third-order valence-electron chi connectivity index (χ3n) is 5.99. The molecule has 0 saturated carbocycles. The molecule has 1 fully saturated rings. The molecule has 0 radical (unpaired) electrons. The Balaban J connectivity index is 1.62. The van der Waals surface area contributed by atoms with Gasteiger partial charge in [-0.05, 0) is 35.6 Å². The van der Waals surface area contributed by atoms with Gasteiger partial charge in [0.15, 0.2) is 0 Å². The topological polar surface area (TPSA) is 87.3 Å². The number of nitrogens with one attached hydrogen (secondary N) is 2. The van der Waals surface area contributed by atoms with Crippen molar-refractivity contribution < 1.29 is 14.3 Å². The van der Waals surface area contributed by atoms with E-state index in [-0.39, 0.29) is 17.9 Å². The number of likely N-dealkylation sites (tertiary alicyclic amines) is 1. The number of methoxy groups -OCH3 is 1. The van der Waals surface area contributed by atoms with Crippen LogP contribution >= 0.6 is 15.9 Å². The number of carbonyl (C=O) groups is 2. The van der Waals surface area contributed by atoms with Gasteiger partial charge in [0.05, 0.1) is 18.8 Å². The zero-order valence-corrected chi connectivity index (χ0v) is 20.0. The molecule has 1 saturated heterocycles. The van der Waals surface area contributed by atoms with Crippen LogP contribution in [0.5, 0.6) is 0 Å². The number of ether oxygens (including phenoxy) is 1. The molecule has 0 spiro atoms. The Morgan fingerprint density at radius 1 is 1.22 bits per heavy atom. The van der Waals surface area contributed by atoms with Crippen LogP contribution in [-0.4, -0.2) is 46.6 Å². The van der Waals surface area contributed by atoms with Crippen LogP contribution in [0.4, 0.5) is 4.79 Å². The van der Waals surface area contributed by atoms with Crippen LogP contribution in [0.15, 0.2) is 47.1 Å². The number of aromatic amines is 1. The molecule has 1 aromatic heterocycles. The van der Waals surface area contributed by atoms with Gasteiger partial charge in [-0.2, -0.15) is 0 Å². The van der Waals surface area contributed by atoms with Gasteiger partial charge in [-0.15, -0.1) is 0 Å². The Hall–Kier alpha value is -2.87. The number of aromatic nitrogens is 2.